The summed E-state index contributed by atoms with van der Waals surface area (Å²) < 4.78 is 31.6. The molecule has 0 atom stereocenters. The zero-order valence-corrected chi connectivity index (χ0v) is 10.1. The molecule has 1 fully saturated rings. The van der Waals surface area contributed by atoms with E-state index in [0.29, 0.717) is 5.92 Å². The van der Waals surface area contributed by atoms with Crippen molar-refractivity contribution in [1.82, 2.24) is 9.55 Å². The summed E-state index contributed by atoms with van der Waals surface area (Å²) in [6.07, 6.45) is 6.32. The second kappa shape index (κ2) is 6.24. The van der Waals surface area contributed by atoms with Crippen molar-refractivity contribution in [3.05, 3.63) is 18.2 Å². The molecule has 1 saturated carbocycles. The lowest BCUT2D eigenvalue weighted by molar-refractivity contribution is -0.00953. The highest BCUT2D eigenvalue weighted by Crippen LogP contribution is 2.26. The molecule has 0 unspecified atom stereocenters. The van der Waals surface area contributed by atoms with Gasteiger partial charge in [-0.2, -0.15) is 8.78 Å². The van der Waals surface area contributed by atoms with Crippen molar-refractivity contribution in [1.29, 1.82) is 0 Å². The van der Waals surface area contributed by atoms with Gasteiger partial charge in [0.2, 0.25) is 0 Å². The molecule has 0 aromatic carbocycles. The zero-order valence-electron chi connectivity index (χ0n) is 10.1. The first-order valence-corrected chi connectivity index (χ1v) is 6.23. The smallest absolute Gasteiger partial charge is 0.320 e. The third-order valence-electron chi connectivity index (χ3n) is 3.46. The molecular weight excluding hydrogens is 242 g/mol. The molecule has 0 spiro atoms. The van der Waals surface area contributed by atoms with Crippen molar-refractivity contribution < 1.29 is 18.6 Å². The summed E-state index contributed by atoms with van der Waals surface area (Å²) in [4.78, 5) is 3.87. The fraction of sp³-hybridized carbons (Fsp3) is 0.750. The molecule has 18 heavy (non-hydrogen) atoms. The van der Waals surface area contributed by atoms with E-state index in [-0.39, 0.29) is 25.1 Å². The Morgan fingerprint density at radius 3 is 2.72 bits per heavy atom. The number of hydrogen-bond donors (Lipinski definition) is 1. The van der Waals surface area contributed by atoms with Crippen molar-refractivity contribution >= 4 is 0 Å². The van der Waals surface area contributed by atoms with E-state index in [9.17, 15) is 8.78 Å². The van der Waals surface area contributed by atoms with Gasteiger partial charge in [-0.25, -0.2) is 4.98 Å². The lowest BCUT2D eigenvalue weighted by atomic mass is 9.88. The maximum Gasteiger partial charge on any atom is 0.320 e. The van der Waals surface area contributed by atoms with Crippen molar-refractivity contribution in [2.24, 2.45) is 5.92 Å². The predicted molar refractivity (Wildman–Crippen MR) is 61.1 cm³/mol. The van der Waals surface area contributed by atoms with Crippen LogP contribution in [0.4, 0.5) is 8.78 Å². The second-order valence-corrected chi connectivity index (χ2v) is 4.66. The van der Waals surface area contributed by atoms with Crippen molar-refractivity contribution in [2.75, 3.05) is 6.61 Å². The fourth-order valence-electron chi connectivity index (χ4n) is 2.31. The number of imidazole rings is 1. The van der Waals surface area contributed by atoms with Crippen LogP contribution >= 0.6 is 0 Å². The van der Waals surface area contributed by atoms with Crippen molar-refractivity contribution in [2.45, 2.75) is 44.9 Å². The molecule has 6 heteroatoms. The maximum absolute atomic E-state index is 12.6. The molecule has 0 radical (unpaired) electrons. The maximum atomic E-state index is 12.6. The minimum absolute atomic E-state index is 0.0932. The normalized spacial score (nSPS) is 24.7. The van der Waals surface area contributed by atoms with Crippen LogP contribution in [-0.2, 0) is 11.3 Å². The van der Waals surface area contributed by atoms with Gasteiger partial charge in [0, 0.05) is 19.0 Å². The molecular formula is C12H18F2N2O2. The van der Waals surface area contributed by atoms with Crippen LogP contribution in [0.2, 0.25) is 0 Å². The Hall–Kier alpha value is -1.01. The summed E-state index contributed by atoms with van der Waals surface area (Å²) in [6.45, 7) is -2.23. The molecule has 0 bridgehead atoms. The first kappa shape index (κ1) is 13.4. The Morgan fingerprint density at radius 1 is 1.39 bits per heavy atom. The minimum atomic E-state index is -2.57. The summed E-state index contributed by atoms with van der Waals surface area (Å²) in [5, 5.41) is 9.02. The molecule has 1 aromatic rings. The van der Waals surface area contributed by atoms with Gasteiger partial charge in [0.25, 0.3) is 0 Å². The van der Waals surface area contributed by atoms with Crippen LogP contribution in [0.1, 0.15) is 38.1 Å². The van der Waals surface area contributed by atoms with E-state index in [4.69, 9.17) is 9.84 Å². The van der Waals surface area contributed by atoms with E-state index < -0.39 is 6.55 Å². The number of halogens is 2. The molecule has 0 saturated heterocycles. The van der Waals surface area contributed by atoms with Crippen LogP contribution in [0.3, 0.4) is 0 Å². The highest BCUT2D eigenvalue weighted by atomic mass is 19.3. The van der Waals surface area contributed by atoms with Crippen molar-refractivity contribution in [3.8, 4) is 0 Å². The lowest BCUT2D eigenvalue weighted by Crippen LogP contribution is -2.23. The molecule has 102 valence electrons. The number of alkyl halides is 2. The SMILES string of the molecule is OCC1CCC(OCc2nccn2C(F)F)CC1. The van der Waals surface area contributed by atoms with Gasteiger partial charge in [-0.3, -0.25) is 4.57 Å². The number of rotatable bonds is 5. The van der Waals surface area contributed by atoms with Gasteiger partial charge in [0.05, 0.1) is 6.10 Å². The highest BCUT2D eigenvalue weighted by molar-refractivity contribution is 4.91. The standard InChI is InChI=1S/C12H18F2N2O2/c13-12(14)16-6-5-15-11(16)8-18-10-3-1-9(7-17)2-4-10/h5-6,9-10,12,17H,1-4,7-8H2. The van der Waals surface area contributed by atoms with E-state index in [1.807, 2.05) is 0 Å². The van der Waals surface area contributed by atoms with Gasteiger partial charge in [-0.15, -0.1) is 0 Å². The van der Waals surface area contributed by atoms with Crippen LogP contribution in [0.15, 0.2) is 12.4 Å². The monoisotopic (exact) mass is 260 g/mol. The van der Waals surface area contributed by atoms with E-state index >= 15 is 0 Å². The summed E-state index contributed by atoms with van der Waals surface area (Å²) in [5.41, 5.74) is 0. The fourth-order valence-corrected chi connectivity index (χ4v) is 2.31. The third kappa shape index (κ3) is 3.26. The summed E-state index contributed by atoms with van der Waals surface area (Å²) in [7, 11) is 0. The number of aromatic nitrogens is 2. The molecule has 1 aliphatic carbocycles. The molecule has 0 aliphatic heterocycles. The molecule has 2 rings (SSSR count). The second-order valence-electron chi connectivity index (χ2n) is 4.66. The van der Waals surface area contributed by atoms with Crippen LogP contribution in [0.25, 0.3) is 0 Å². The summed E-state index contributed by atoms with van der Waals surface area (Å²) in [5.74, 6) is 0.627. The van der Waals surface area contributed by atoms with Crippen LogP contribution in [0, 0.1) is 5.92 Å². The van der Waals surface area contributed by atoms with E-state index in [1.165, 1.54) is 12.4 Å². The quantitative estimate of drug-likeness (QED) is 0.884. The predicted octanol–water partition coefficient (Wildman–Crippen LogP) is 2.35. The van der Waals surface area contributed by atoms with Gasteiger partial charge < -0.3 is 9.84 Å². The van der Waals surface area contributed by atoms with Gasteiger partial charge in [0.1, 0.15) is 12.4 Å². The van der Waals surface area contributed by atoms with E-state index in [1.54, 1.807) is 0 Å². The van der Waals surface area contributed by atoms with Crippen LogP contribution < -0.4 is 0 Å². The Balaban J connectivity index is 1.80. The molecule has 1 aromatic heterocycles. The van der Waals surface area contributed by atoms with Gasteiger partial charge in [-0.1, -0.05) is 0 Å². The number of ether oxygens (including phenoxy) is 1. The van der Waals surface area contributed by atoms with E-state index in [2.05, 4.69) is 4.98 Å². The van der Waals surface area contributed by atoms with E-state index in [0.717, 1.165) is 30.3 Å². The van der Waals surface area contributed by atoms with Crippen LogP contribution in [-0.4, -0.2) is 27.4 Å². The first-order valence-electron chi connectivity index (χ1n) is 6.23. The van der Waals surface area contributed by atoms with Gasteiger partial charge in [-0.05, 0) is 31.6 Å². The average Bonchev–Trinajstić information content (AvgIpc) is 2.85. The minimum Gasteiger partial charge on any atom is -0.396 e. The highest BCUT2D eigenvalue weighted by Gasteiger charge is 2.22. The molecule has 1 heterocycles. The Kier molecular flexibility index (Phi) is 4.66. The number of aliphatic hydroxyl groups excluding tert-OH is 1. The number of nitrogens with zero attached hydrogens (tertiary/aromatic N) is 2. The Morgan fingerprint density at radius 2 is 2.11 bits per heavy atom. The summed E-state index contributed by atoms with van der Waals surface area (Å²) >= 11 is 0. The van der Waals surface area contributed by atoms with Gasteiger partial charge >= 0.3 is 6.55 Å². The Labute approximate surface area is 105 Å². The topological polar surface area (TPSA) is 47.3 Å². The largest absolute Gasteiger partial charge is 0.396 e. The third-order valence-corrected chi connectivity index (χ3v) is 3.46. The zero-order chi connectivity index (χ0) is 13.0. The molecule has 1 N–H and O–H groups in total. The lowest BCUT2D eigenvalue weighted by Gasteiger charge is -2.27. The molecule has 4 nitrogen and oxygen atoms in total. The molecule has 1 aliphatic rings. The van der Waals surface area contributed by atoms with Crippen molar-refractivity contribution in [3.63, 3.8) is 0 Å². The first-order chi connectivity index (χ1) is 8.70. The number of aliphatic hydroxyl groups is 1. The molecule has 0 amide bonds. The van der Waals surface area contributed by atoms with Gasteiger partial charge in [0.15, 0.2) is 0 Å². The average molecular weight is 260 g/mol. The number of hydrogen-bond acceptors (Lipinski definition) is 3. The summed E-state index contributed by atoms with van der Waals surface area (Å²) in [6, 6.07) is 0. The Bertz CT molecular complexity index is 363. The van der Waals surface area contributed by atoms with Crippen LogP contribution in [0.5, 0.6) is 0 Å².